The number of piperazine rings is 1. The number of hydrogen-bond donors (Lipinski definition) is 1. The van der Waals surface area contributed by atoms with E-state index in [-0.39, 0.29) is 11.7 Å². The molecule has 2 heterocycles. The van der Waals surface area contributed by atoms with Gasteiger partial charge in [0.1, 0.15) is 5.82 Å². The highest BCUT2D eigenvalue weighted by atomic mass is 19.1. The molecule has 1 amide bonds. The van der Waals surface area contributed by atoms with Crippen molar-refractivity contribution in [1.29, 1.82) is 0 Å². The van der Waals surface area contributed by atoms with Gasteiger partial charge in [0.25, 0.3) is 0 Å². The summed E-state index contributed by atoms with van der Waals surface area (Å²) in [6.45, 7) is 4.41. The van der Waals surface area contributed by atoms with E-state index in [1.807, 2.05) is 15.9 Å². The lowest BCUT2D eigenvalue weighted by Crippen LogP contribution is -2.49. The molecule has 0 spiro atoms. The lowest BCUT2D eigenvalue weighted by atomic mass is 10.2. The average molecular weight is 263 g/mol. The molecule has 1 aromatic carbocycles. The zero-order chi connectivity index (χ0) is 13.2. The number of rotatable bonds is 2. The molecule has 1 saturated heterocycles. The first-order chi connectivity index (χ1) is 9.24. The van der Waals surface area contributed by atoms with Gasteiger partial charge in [-0.1, -0.05) is 6.07 Å². The SMILES string of the molecule is O=C(CN1CCc2ccc(F)cc21)N1CCNCC1. The molecule has 1 aromatic rings. The first kappa shape index (κ1) is 12.4. The number of anilines is 1. The maximum absolute atomic E-state index is 13.3. The van der Waals surface area contributed by atoms with Gasteiger partial charge in [-0.15, -0.1) is 0 Å². The fourth-order valence-electron chi connectivity index (χ4n) is 2.76. The van der Waals surface area contributed by atoms with E-state index in [0.29, 0.717) is 6.54 Å². The molecule has 0 unspecified atom stereocenters. The number of amides is 1. The summed E-state index contributed by atoms with van der Waals surface area (Å²) in [6, 6.07) is 4.84. The molecule has 2 aliphatic rings. The summed E-state index contributed by atoms with van der Waals surface area (Å²) in [6.07, 6.45) is 0.893. The lowest BCUT2D eigenvalue weighted by molar-refractivity contribution is -0.130. The fourth-order valence-corrected chi connectivity index (χ4v) is 2.76. The van der Waals surface area contributed by atoms with Crippen LogP contribution in [0.1, 0.15) is 5.56 Å². The standard InChI is InChI=1S/C14H18FN3O/c15-12-2-1-11-3-6-18(13(11)9-12)10-14(19)17-7-4-16-5-8-17/h1-2,9,16H,3-8,10H2. The Morgan fingerprint density at radius 2 is 2.05 bits per heavy atom. The van der Waals surface area contributed by atoms with E-state index in [4.69, 9.17) is 0 Å². The number of fused-ring (bicyclic) bond motifs is 1. The Kier molecular flexibility index (Phi) is 3.38. The van der Waals surface area contributed by atoms with Crippen molar-refractivity contribution in [2.24, 2.45) is 0 Å². The monoisotopic (exact) mass is 263 g/mol. The Hall–Kier alpha value is -1.62. The summed E-state index contributed by atoms with van der Waals surface area (Å²) in [5.74, 6) is -0.0983. The summed E-state index contributed by atoms with van der Waals surface area (Å²) < 4.78 is 13.3. The Labute approximate surface area is 112 Å². The number of nitrogens with one attached hydrogen (secondary N) is 1. The van der Waals surface area contributed by atoms with Crippen LogP contribution in [0, 0.1) is 5.82 Å². The van der Waals surface area contributed by atoms with E-state index in [9.17, 15) is 9.18 Å². The molecule has 1 fully saturated rings. The van der Waals surface area contributed by atoms with Crippen LogP contribution in [-0.2, 0) is 11.2 Å². The molecule has 1 N–H and O–H groups in total. The molecule has 102 valence electrons. The highest BCUT2D eigenvalue weighted by Crippen LogP contribution is 2.28. The van der Waals surface area contributed by atoms with Crippen LogP contribution >= 0.6 is 0 Å². The van der Waals surface area contributed by atoms with Crippen molar-refractivity contribution < 1.29 is 9.18 Å². The topological polar surface area (TPSA) is 35.6 Å². The van der Waals surface area contributed by atoms with Gasteiger partial charge in [-0.2, -0.15) is 0 Å². The molecule has 0 atom stereocenters. The minimum absolute atomic E-state index is 0.138. The van der Waals surface area contributed by atoms with Gasteiger partial charge in [0.05, 0.1) is 6.54 Å². The molecule has 0 aromatic heterocycles. The van der Waals surface area contributed by atoms with E-state index in [1.165, 1.54) is 12.1 Å². The highest BCUT2D eigenvalue weighted by Gasteiger charge is 2.24. The second kappa shape index (κ2) is 5.17. The molecule has 0 aliphatic carbocycles. The van der Waals surface area contributed by atoms with Gasteiger partial charge in [0.2, 0.25) is 5.91 Å². The number of halogens is 1. The third kappa shape index (κ3) is 2.56. The van der Waals surface area contributed by atoms with Crippen molar-refractivity contribution in [1.82, 2.24) is 10.2 Å². The van der Waals surface area contributed by atoms with Gasteiger partial charge < -0.3 is 15.1 Å². The van der Waals surface area contributed by atoms with Gasteiger partial charge in [-0.25, -0.2) is 4.39 Å². The van der Waals surface area contributed by atoms with Gasteiger partial charge in [0.15, 0.2) is 0 Å². The molecular formula is C14H18FN3O. The van der Waals surface area contributed by atoms with Crippen LogP contribution in [-0.4, -0.2) is 50.1 Å². The highest BCUT2D eigenvalue weighted by molar-refractivity contribution is 5.82. The molecule has 3 rings (SSSR count). The summed E-state index contributed by atoms with van der Waals surface area (Å²) >= 11 is 0. The van der Waals surface area contributed by atoms with Gasteiger partial charge in [-0.3, -0.25) is 4.79 Å². The summed E-state index contributed by atoms with van der Waals surface area (Å²) in [4.78, 5) is 16.1. The van der Waals surface area contributed by atoms with Crippen LogP contribution in [0.3, 0.4) is 0 Å². The minimum atomic E-state index is -0.236. The molecule has 5 heteroatoms. The predicted molar refractivity (Wildman–Crippen MR) is 71.8 cm³/mol. The Morgan fingerprint density at radius 1 is 1.26 bits per heavy atom. The largest absolute Gasteiger partial charge is 0.362 e. The van der Waals surface area contributed by atoms with Crippen molar-refractivity contribution >= 4 is 11.6 Å². The summed E-state index contributed by atoms with van der Waals surface area (Å²) in [5.41, 5.74) is 2.01. The molecular weight excluding hydrogens is 245 g/mol. The molecule has 0 saturated carbocycles. The average Bonchev–Trinajstić information content (AvgIpc) is 2.82. The van der Waals surface area contributed by atoms with Crippen LogP contribution in [0.5, 0.6) is 0 Å². The number of carbonyl (C=O) groups is 1. The van der Waals surface area contributed by atoms with Crippen molar-refractivity contribution in [3.05, 3.63) is 29.6 Å². The maximum atomic E-state index is 13.3. The van der Waals surface area contributed by atoms with Crippen LogP contribution < -0.4 is 10.2 Å². The Bertz CT molecular complexity index is 486. The quantitative estimate of drug-likeness (QED) is 0.849. The second-order valence-corrected chi connectivity index (χ2v) is 5.08. The number of benzene rings is 1. The minimum Gasteiger partial charge on any atom is -0.362 e. The van der Waals surface area contributed by atoms with Gasteiger partial charge in [0, 0.05) is 38.4 Å². The van der Waals surface area contributed by atoms with Gasteiger partial charge >= 0.3 is 0 Å². The van der Waals surface area contributed by atoms with Crippen LogP contribution in [0.15, 0.2) is 18.2 Å². The maximum Gasteiger partial charge on any atom is 0.242 e. The number of nitrogens with zero attached hydrogens (tertiary/aromatic N) is 2. The lowest BCUT2D eigenvalue weighted by Gasteiger charge is -2.29. The first-order valence-corrected chi connectivity index (χ1v) is 6.76. The van der Waals surface area contributed by atoms with E-state index in [0.717, 1.165) is 50.4 Å². The van der Waals surface area contributed by atoms with Crippen LogP contribution in [0.25, 0.3) is 0 Å². The molecule has 0 bridgehead atoms. The molecule has 19 heavy (non-hydrogen) atoms. The smallest absolute Gasteiger partial charge is 0.242 e. The molecule has 4 nitrogen and oxygen atoms in total. The Balaban J connectivity index is 1.68. The summed E-state index contributed by atoms with van der Waals surface area (Å²) in [5, 5.41) is 3.23. The van der Waals surface area contributed by atoms with Crippen molar-refractivity contribution in [3.63, 3.8) is 0 Å². The van der Waals surface area contributed by atoms with Gasteiger partial charge in [-0.05, 0) is 24.1 Å². The third-order valence-corrected chi connectivity index (χ3v) is 3.83. The molecule has 0 radical (unpaired) electrons. The van der Waals surface area contributed by atoms with E-state index in [2.05, 4.69) is 5.32 Å². The molecule has 2 aliphatic heterocycles. The van der Waals surface area contributed by atoms with Crippen LogP contribution in [0.4, 0.5) is 10.1 Å². The van der Waals surface area contributed by atoms with Crippen molar-refractivity contribution in [3.8, 4) is 0 Å². The van der Waals surface area contributed by atoms with E-state index >= 15 is 0 Å². The number of hydrogen-bond acceptors (Lipinski definition) is 3. The third-order valence-electron chi connectivity index (χ3n) is 3.83. The van der Waals surface area contributed by atoms with Crippen LogP contribution in [0.2, 0.25) is 0 Å². The first-order valence-electron chi connectivity index (χ1n) is 6.76. The fraction of sp³-hybridized carbons (Fsp3) is 0.500. The Morgan fingerprint density at radius 3 is 2.84 bits per heavy atom. The second-order valence-electron chi connectivity index (χ2n) is 5.08. The summed E-state index contributed by atoms with van der Waals surface area (Å²) in [7, 11) is 0. The number of carbonyl (C=O) groups excluding carboxylic acids is 1. The van der Waals surface area contributed by atoms with Crippen molar-refractivity contribution in [2.75, 3.05) is 44.2 Å². The van der Waals surface area contributed by atoms with E-state index in [1.54, 1.807) is 0 Å². The van der Waals surface area contributed by atoms with Crippen molar-refractivity contribution in [2.45, 2.75) is 6.42 Å². The van der Waals surface area contributed by atoms with E-state index < -0.39 is 0 Å². The zero-order valence-electron chi connectivity index (χ0n) is 10.9. The predicted octanol–water partition coefficient (Wildman–Crippen LogP) is 0.620. The normalized spacial score (nSPS) is 18.6. The zero-order valence-corrected chi connectivity index (χ0v) is 10.9.